The maximum Gasteiger partial charge on any atom is 0.335 e. The molecule has 0 bridgehead atoms. The summed E-state index contributed by atoms with van der Waals surface area (Å²) in [5.74, 6) is -1.17. The molecule has 7 heteroatoms. The minimum atomic E-state index is -1.06. The molecule has 1 amide bonds. The van der Waals surface area contributed by atoms with Crippen LogP contribution in [-0.2, 0) is 0 Å². The van der Waals surface area contributed by atoms with Gasteiger partial charge in [0.2, 0.25) is 0 Å². The Balaban J connectivity index is 2.16. The maximum atomic E-state index is 11.8. The normalized spacial score (nSPS) is 10.1. The van der Waals surface area contributed by atoms with Crippen molar-refractivity contribution in [3.05, 3.63) is 44.7 Å². The Bertz CT molecular complexity index is 612. The minimum Gasteiger partial charge on any atom is -0.478 e. The van der Waals surface area contributed by atoms with Crippen LogP contribution in [0.4, 0.5) is 5.82 Å². The van der Waals surface area contributed by atoms with E-state index >= 15 is 0 Å². The van der Waals surface area contributed by atoms with Crippen molar-refractivity contribution in [2.75, 3.05) is 5.32 Å². The lowest BCUT2D eigenvalue weighted by atomic mass is 10.2. The zero-order chi connectivity index (χ0) is 13.1. The average Bonchev–Trinajstić information content (AvgIpc) is 2.76. The van der Waals surface area contributed by atoms with Crippen LogP contribution in [0.3, 0.4) is 0 Å². The second-order valence-electron chi connectivity index (χ2n) is 3.29. The van der Waals surface area contributed by atoms with E-state index in [4.69, 9.17) is 5.11 Å². The predicted molar refractivity (Wildman–Crippen MR) is 71.2 cm³/mol. The number of aromatic nitrogens is 1. The van der Waals surface area contributed by atoms with Crippen molar-refractivity contribution >= 4 is 45.0 Å². The minimum absolute atomic E-state index is 0.0765. The van der Waals surface area contributed by atoms with Gasteiger partial charge in [0.05, 0.1) is 14.2 Å². The van der Waals surface area contributed by atoms with E-state index in [-0.39, 0.29) is 17.3 Å². The smallest absolute Gasteiger partial charge is 0.335 e. The zero-order valence-electron chi connectivity index (χ0n) is 8.88. The number of thiophene rings is 1. The van der Waals surface area contributed by atoms with Gasteiger partial charge in [-0.2, -0.15) is 0 Å². The summed E-state index contributed by atoms with van der Waals surface area (Å²) < 4.78 is 0.847. The number of carboxylic acids is 1. The molecule has 0 saturated heterocycles. The van der Waals surface area contributed by atoms with E-state index in [9.17, 15) is 9.59 Å². The number of aromatic carboxylic acids is 1. The van der Waals surface area contributed by atoms with E-state index in [1.165, 1.54) is 29.7 Å². The van der Waals surface area contributed by atoms with Crippen molar-refractivity contribution in [2.24, 2.45) is 0 Å². The fourth-order valence-electron chi connectivity index (χ4n) is 1.25. The maximum absolute atomic E-state index is 11.8. The average molecular weight is 327 g/mol. The molecule has 0 aromatic carbocycles. The third-order valence-electron chi connectivity index (χ3n) is 2.05. The highest BCUT2D eigenvalue weighted by atomic mass is 79.9. The van der Waals surface area contributed by atoms with E-state index in [0.29, 0.717) is 4.88 Å². The molecule has 0 spiro atoms. The van der Waals surface area contributed by atoms with E-state index in [2.05, 4.69) is 26.2 Å². The molecule has 0 aliphatic carbocycles. The van der Waals surface area contributed by atoms with Gasteiger partial charge in [0.25, 0.3) is 5.91 Å². The van der Waals surface area contributed by atoms with Crippen molar-refractivity contribution in [3.63, 3.8) is 0 Å². The van der Waals surface area contributed by atoms with Crippen molar-refractivity contribution in [2.45, 2.75) is 0 Å². The molecule has 2 heterocycles. The van der Waals surface area contributed by atoms with Gasteiger partial charge in [-0.3, -0.25) is 4.79 Å². The summed E-state index contributed by atoms with van der Waals surface area (Å²) in [5.41, 5.74) is 0.0765. The molecule has 0 fully saturated rings. The van der Waals surface area contributed by atoms with Gasteiger partial charge in [-0.1, -0.05) is 0 Å². The van der Waals surface area contributed by atoms with Crippen molar-refractivity contribution in [3.8, 4) is 0 Å². The number of rotatable bonds is 3. The first-order valence-electron chi connectivity index (χ1n) is 4.82. The van der Waals surface area contributed by atoms with E-state index in [1.54, 1.807) is 12.1 Å². The third-order valence-corrected chi connectivity index (χ3v) is 3.67. The van der Waals surface area contributed by atoms with Gasteiger partial charge >= 0.3 is 5.97 Å². The monoisotopic (exact) mass is 326 g/mol. The highest BCUT2D eigenvalue weighted by molar-refractivity contribution is 9.11. The lowest BCUT2D eigenvalue weighted by Crippen LogP contribution is -2.12. The number of pyridine rings is 1. The Morgan fingerprint density at radius 1 is 1.33 bits per heavy atom. The highest BCUT2D eigenvalue weighted by Gasteiger charge is 2.11. The van der Waals surface area contributed by atoms with Crippen LogP contribution < -0.4 is 5.32 Å². The first kappa shape index (κ1) is 12.7. The molecule has 0 radical (unpaired) electrons. The summed E-state index contributed by atoms with van der Waals surface area (Å²) in [4.78, 5) is 27.0. The molecular formula is C11H7BrN2O3S. The van der Waals surface area contributed by atoms with Crippen LogP contribution in [0, 0.1) is 0 Å². The summed E-state index contributed by atoms with van der Waals surface area (Å²) in [6, 6.07) is 6.11. The number of carbonyl (C=O) groups is 2. The second kappa shape index (κ2) is 5.28. The summed E-state index contributed by atoms with van der Waals surface area (Å²) in [6.45, 7) is 0. The molecule has 5 nitrogen and oxygen atoms in total. The number of carboxylic acid groups (broad SMARTS) is 1. The molecule has 0 saturated carbocycles. The molecule has 18 heavy (non-hydrogen) atoms. The molecule has 2 aromatic heterocycles. The summed E-state index contributed by atoms with van der Waals surface area (Å²) in [5, 5.41) is 11.4. The number of hydrogen-bond acceptors (Lipinski definition) is 4. The van der Waals surface area contributed by atoms with Crippen molar-refractivity contribution < 1.29 is 14.7 Å². The van der Waals surface area contributed by atoms with E-state index < -0.39 is 5.97 Å². The molecule has 0 atom stereocenters. The topological polar surface area (TPSA) is 79.3 Å². The molecule has 92 valence electrons. The SMILES string of the molecule is O=C(O)c1ccnc(NC(=O)c2ccc(Br)s2)c1. The van der Waals surface area contributed by atoms with Gasteiger partial charge in [0, 0.05) is 6.20 Å². The summed E-state index contributed by atoms with van der Waals surface area (Å²) >= 11 is 4.55. The fourth-order valence-corrected chi connectivity index (χ4v) is 2.53. The van der Waals surface area contributed by atoms with E-state index in [0.717, 1.165) is 3.79 Å². The number of hydrogen-bond donors (Lipinski definition) is 2. The first-order valence-corrected chi connectivity index (χ1v) is 6.43. The predicted octanol–water partition coefficient (Wildman–Crippen LogP) is 2.86. The standard InChI is InChI=1S/C11H7BrN2O3S/c12-8-2-1-7(18-8)10(15)14-9-5-6(11(16)17)3-4-13-9/h1-5H,(H,16,17)(H,13,14,15). The van der Waals surface area contributed by atoms with E-state index in [1.807, 2.05) is 0 Å². The molecule has 2 aromatic rings. The van der Waals surface area contributed by atoms with Gasteiger partial charge < -0.3 is 10.4 Å². The largest absolute Gasteiger partial charge is 0.478 e. The number of nitrogens with one attached hydrogen (secondary N) is 1. The van der Waals surface area contributed by atoms with Crippen LogP contribution in [-0.4, -0.2) is 22.0 Å². The Morgan fingerprint density at radius 3 is 2.72 bits per heavy atom. The van der Waals surface area contributed by atoms with Crippen molar-refractivity contribution in [1.82, 2.24) is 4.98 Å². The van der Waals surface area contributed by atoms with Crippen molar-refractivity contribution in [1.29, 1.82) is 0 Å². The van der Waals surface area contributed by atoms with Gasteiger partial charge in [0.15, 0.2) is 0 Å². The van der Waals surface area contributed by atoms with Crippen LogP contribution in [0.1, 0.15) is 20.0 Å². The fraction of sp³-hybridized carbons (Fsp3) is 0. The van der Waals surface area contributed by atoms with Crippen LogP contribution >= 0.6 is 27.3 Å². The molecular weight excluding hydrogens is 320 g/mol. The van der Waals surface area contributed by atoms with Crippen LogP contribution in [0.2, 0.25) is 0 Å². The number of amides is 1. The Morgan fingerprint density at radius 2 is 2.11 bits per heavy atom. The highest BCUT2D eigenvalue weighted by Crippen LogP contribution is 2.22. The van der Waals surface area contributed by atoms with Gasteiger partial charge in [-0.25, -0.2) is 9.78 Å². The quantitative estimate of drug-likeness (QED) is 0.908. The summed E-state index contributed by atoms with van der Waals surface area (Å²) in [6.07, 6.45) is 1.34. The van der Waals surface area contributed by atoms with Crippen LogP contribution in [0.25, 0.3) is 0 Å². The Hall–Kier alpha value is -1.73. The summed E-state index contributed by atoms with van der Waals surface area (Å²) in [7, 11) is 0. The Labute approximate surface area is 115 Å². The lowest BCUT2D eigenvalue weighted by Gasteiger charge is -2.03. The van der Waals surface area contributed by atoms with Gasteiger partial charge in [0.1, 0.15) is 5.82 Å². The number of nitrogens with zero attached hydrogens (tertiary/aromatic N) is 1. The molecule has 0 unspecified atom stereocenters. The molecule has 2 rings (SSSR count). The van der Waals surface area contributed by atoms with Gasteiger partial charge in [-0.15, -0.1) is 11.3 Å². The number of halogens is 1. The van der Waals surface area contributed by atoms with Crippen LogP contribution in [0.5, 0.6) is 0 Å². The second-order valence-corrected chi connectivity index (χ2v) is 5.76. The first-order chi connectivity index (χ1) is 8.56. The van der Waals surface area contributed by atoms with Gasteiger partial charge in [-0.05, 0) is 40.2 Å². The number of anilines is 1. The Kier molecular flexibility index (Phi) is 3.73. The molecule has 0 aliphatic rings. The lowest BCUT2D eigenvalue weighted by molar-refractivity contribution is 0.0696. The number of carbonyl (C=O) groups excluding carboxylic acids is 1. The molecule has 2 N–H and O–H groups in total. The third kappa shape index (κ3) is 2.93. The van der Waals surface area contributed by atoms with Crippen LogP contribution in [0.15, 0.2) is 34.2 Å². The molecule has 0 aliphatic heterocycles. The zero-order valence-corrected chi connectivity index (χ0v) is 11.3.